The van der Waals surface area contributed by atoms with E-state index in [1.807, 2.05) is 23.1 Å². The van der Waals surface area contributed by atoms with Crippen LogP contribution >= 0.6 is 0 Å². The van der Waals surface area contributed by atoms with Gasteiger partial charge in [-0.05, 0) is 44.9 Å². The van der Waals surface area contributed by atoms with Crippen molar-refractivity contribution >= 4 is 5.91 Å². The smallest absolute Gasteiger partial charge is 0.231 e. The van der Waals surface area contributed by atoms with Crippen LogP contribution in [0.15, 0.2) is 24.4 Å². The fraction of sp³-hybridized carbons (Fsp3) is 0.474. The van der Waals surface area contributed by atoms with Gasteiger partial charge in [0.1, 0.15) is 5.82 Å². The molecule has 1 aromatic heterocycles. The number of aromatic amines is 1. The summed E-state index contributed by atoms with van der Waals surface area (Å²) in [5, 5.41) is 0. The molecule has 1 aliphatic carbocycles. The van der Waals surface area contributed by atoms with Crippen LogP contribution in [0.2, 0.25) is 0 Å². The van der Waals surface area contributed by atoms with Gasteiger partial charge in [0.15, 0.2) is 11.5 Å². The van der Waals surface area contributed by atoms with Gasteiger partial charge in [-0.25, -0.2) is 4.98 Å². The van der Waals surface area contributed by atoms with Crippen molar-refractivity contribution in [1.82, 2.24) is 14.9 Å². The number of benzene rings is 1. The maximum absolute atomic E-state index is 12.6. The molecular weight excluding hydrogens is 318 g/mol. The Hall–Kier alpha value is -2.50. The third-order valence-corrected chi connectivity index (χ3v) is 4.99. The molecule has 0 bridgehead atoms. The fourth-order valence-corrected chi connectivity index (χ4v) is 3.22. The summed E-state index contributed by atoms with van der Waals surface area (Å²) in [7, 11) is 0. The summed E-state index contributed by atoms with van der Waals surface area (Å²) in [5.74, 6) is 2.76. The average molecular weight is 341 g/mol. The van der Waals surface area contributed by atoms with Crippen LogP contribution in [-0.4, -0.2) is 33.6 Å². The predicted octanol–water partition coefficient (Wildman–Crippen LogP) is 3.34. The molecule has 1 N–H and O–H groups in total. The number of ether oxygens (including phenoxy) is 2. The molecule has 0 radical (unpaired) electrons. The number of amides is 1. The van der Waals surface area contributed by atoms with Gasteiger partial charge < -0.3 is 19.4 Å². The average Bonchev–Trinajstić information content (AvgIpc) is 3.18. The van der Waals surface area contributed by atoms with Crippen LogP contribution in [-0.2, 0) is 11.3 Å². The van der Waals surface area contributed by atoms with E-state index in [9.17, 15) is 4.79 Å². The predicted molar refractivity (Wildman–Crippen MR) is 93.2 cm³/mol. The topological polar surface area (TPSA) is 67.5 Å². The zero-order valence-corrected chi connectivity index (χ0v) is 14.6. The van der Waals surface area contributed by atoms with Crippen LogP contribution < -0.4 is 9.47 Å². The molecule has 2 heterocycles. The summed E-state index contributed by atoms with van der Waals surface area (Å²) < 4.78 is 10.8. The molecular formula is C19H23N3O3. The lowest BCUT2D eigenvalue weighted by atomic mass is 9.84. The molecule has 2 aromatic rings. The van der Waals surface area contributed by atoms with E-state index in [1.54, 1.807) is 6.20 Å². The van der Waals surface area contributed by atoms with Gasteiger partial charge in [-0.3, -0.25) is 4.79 Å². The highest BCUT2D eigenvalue weighted by molar-refractivity contribution is 5.79. The SMILES string of the molecule is CC(C)N(Cc1ncc(-c2ccc3c(c2)OCO3)[nH]1)C(=O)C1CCC1. The molecule has 25 heavy (non-hydrogen) atoms. The molecule has 1 amide bonds. The quantitative estimate of drug-likeness (QED) is 0.906. The van der Waals surface area contributed by atoms with Gasteiger partial charge in [0, 0.05) is 17.5 Å². The van der Waals surface area contributed by atoms with E-state index in [2.05, 4.69) is 23.8 Å². The second kappa shape index (κ2) is 6.43. The van der Waals surface area contributed by atoms with E-state index in [4.69, 9.17) is 9.47 Å². The standard InChI is InChI=1S/C19H23N3O3/c1-12(2)22(19(23)13-4-3-5-13)10-18-20-9-15(21-18)14-6-7-16-17(8-14)25-11-24-16/h6-9,12-13H,3-5,10-11H2,1-2H3,(H,20,21). The lowest BCUT2D eigenvalue weighted by Crippen LogP contribution is -2.42. The Bertz CT molecular complexity index is 780. The van der Waals surface area contributed by atoms with E-state index < -0.39 is 0 Å². The fourth-order valence-electron chi connectivity index (χ4n) is 3.22. The first kappa shape index (κ1) is 16.0. The van der Waals surface area contributed by atoms with E-state index >= 15 is 0 Å². The first-order valence-electron chi connectivity index (χ1n) is 8.86. The van der Waals surface area contributed by atoms with Gasteiger partial charge in [-0.2, -0.15) is 0 Å². The molecule has 2 aliphatic rings. The van der Waals surface area contributed by atoms with E-state index in [0.717, 1.165) is 47.8 Å². The lowest BCUT2D eigenvalue weighted by molar-refractivity contribution is -0.140. The molecule has 0 unspecified atom stereocenters. The van der Waals surface area contributed by atoms with Crippen molar-refractivity contribution in [2.45, 2.75) is 45.7 Å². The minimum absolute atomic E-state index is 0.159. The highest BCUT2D eigenvalue weighted by atomic mass is 16.7. The van der Waals surface area contributed by atoms with Crippen LogP contribution in [0.4, 0.5) is 0 Å². The summed E-state index contributed by atoms with van der Waals surface area (Å²) in [6.45, 7) is 4.88. The molecule has 6 nitrogen and oxygen atoms in total. The molecule has 1 fully saturated rings. The molecule has 0 saturated heterocycles. The second-order valence-electron chi connectivity index (χ2n) is 7.00. The number of H-pyrrole nitrogens is 1. The Kier molecular flexibility index (Phi) is 4.11. The molecule has 0 spiro atoms. The molecule has 0 atom stereocenters. The molecule has 1 saturated carbocycles. The van der Waals surface area contributed by atoms with Gasteiger partial charge in [0.05, 0.1) is 18.4 Å². The minimum Gasteiger partial charge on any atom is -0.454 e. The van der Waals surface area contributed by atoms with Crippen LogP contribution in [0.25, 0.3) is 11.3 Å². The van der Waals surface area contributed by atoms with Crippen LogP contribution in [0.3, 0.4) is 0 Å². The molecule has 1 aromatic carbocycles. The molecule has 132 valence electrons. The van der Waals surface area contributed by atoms with Gasteiger partial charge in [0.25, 0.3) is 0 Å². The minimum atomic E-state index is 0.159. The number of nitrogens with one attached hydrogen (secondary N) is 1. The van der Waals surface area contributed by atoms with Crippen molar-refractivity contribution in [1.29, 1.82) is 0 Å². The first-order valence-corrected chi connectivity index (χ1v) is 8.86. The Balaban J connectivity index is 1.51. The zero-order chi connectivity index (χ0) is 17.4. The van der Waals surface area contributed by atoms with Crippen molar-refractivity contribution in [2.75, 3.05) is 6.79 Å². The number of hydrogen-bond donors (Lipinski definition) is 1. The largest absolute Gasteiger partial charge is 0.454 e. The number of aromatic nitrogens is 2. The molecule has 1 aliphatic heterocycles. The number of carbonyl (C=O) groups is 1. The maximum atomic E-state index is 12.6. The normalized spacial score (nSPS) is 16.1. The Morgan fingerprint density at radius 1 is 1.32 bits per heavy atom. The van der Waals surface area contributed by atoms with Crippen LogP contribution in [0, 0.1) is 5.92 Å². The number of nitrogens with zero attached hydrogens (tertiary/aromatic N) is 2. The number of fused-ring (bicyclic) bond motifs is 1. The summed E-state index contributed by atoms with van der Waals surface area (Å²) in [6.07, 6.45) is 5.00. The van der Waals surface area contributed by atoms with E-state index in [1.165, 1.54) is 0 Å². The van der Waals surface area contributed by atoms with Crippen molar-refractivity contribution in [3.63, 3.8) is 0 Å². The Morgan fingerprint density at radius 3 is 2.84 bits per heavy atom. The number of imidazole rings is 1. The van der Waals surface area contributed by atoms with Crippen LogP contribution in [0.1, 0.15) is 38.9 Å². The zero-order valence-electron chi connectivity index (χ0n) is 14.6. The highest BCUT2D eigenvalue weighted by Gasteiger charge is 2.31. The first-order chi connectivity index (χ1) is 12.1. The van der Waals surface area contributed by atoms with Crippen molar-refractivity contribution in [3.8, 4) is 22.8 Å². The summed E-state index contributed by atoms with van der Waals surface area (Å²) in [6, 6.07) is 5.98. The summed E-state index contributed by atoms with van der Waals surface area (Å²) in [5.41, 5.74) is 1.90. The van der Waals surface area contributed by atoms with E-state index in [-0.39, 0.29) is 24.7 Å². The van der Waals surface area contributed by atoms with Gasteiger partial charge in [-0.15, -0.1) is 0 Å². The Morgan fingerprint density at radius 2 is 2.12 bits per heavy atom. The summed E-state index contributed by atoms with van der Waals surface area (Å²) in [4.78, 5) is 22.4. The number of rotatable bonds is 5. The van der Waals surface area contributed by atoms with E-state index in [0.29, 0.717) is 6.54 Å². The molecule has 6 heteroatoms. The third kappa shape index (κ3) is 3.08. The monoisotopic (exact) mass is 341 g/mol. The highest BCUT2D eigenvalue weighted by Crippen LogP contribution is 2.35. The van der Waals surface area contributed by atoms with Gasteiger partial charge in [0.2, 0.25) is 12.7 Å². The third-order valence-electron chi connectivity index (χ3n) is 4.99. The maximum Gasteiger partial charge on any atom is 0.231 e. The number of carbonyl (C=O) groups excluding carboxylic acids is 1. The van der Waals surface area contributed by atoms with Crippen molar-refractivity contribution < 1.29 is 14.3 Å². The number of hydrogen-bond acceptors (Lipinski definition) is 4. The van der Waals surface area contributed by atoms with Gasteiger partial charge in [-0.1, -0.05) is 6.42 Å². The lowest BCUT2D eigenvalue weighted by Gasteiger charge is -2.33. The second-order valence-corrected chi connectivity index (χ2v) is 7.00. The summed E-state index contributed by atoms with van der Waals surface area (Å²) >= 11 is 0. The van der Waals surface area contributed by atoms with Crippen molar-refractivity contribution in [3.05, 3.63) is 30.2 Å². The van der Waals surface area contributed by atoms with Crippen LogP contribution in [0.5, 0.6) is 11.5 Å². The molecule has 4 rings (SSSR count). The Labute approximate surface area is 147 Å². The van der Waals surface area contributed by atoms with Gasteiger partial charge >= 0.3 is 0 Å². The van der Waals surface area contributed by atoms with Crippen molar-refractivity contribution in [2.24, 2.45) is 5.92 Å².